The number of nitrogens with zero attached hydrogens (tertiary/aromatic N) is 1. The third-order valence-electron chi connectivity index (χ3n) is 4.06. The van der Waals surface area contributed by atoms with Gasteiger partial charge in [0.15, 0.2) is 0 Å². The van der Waals surface area contributed by atoms with Gasteiger partial charge in [0.05, 0.1) is 6.17 Å². The molecule has 0 amide bonds. The van der Waals surface area contributed by atoms with Crippen molar-refractivity contribution in [3.63, 3.8) is 0 Å². The molecule has 5 heteroatoms. The third kappa shape index (κ3) is 4.19. The number of hydrogen-bond donors (Lipinski definition) is 0. The standard InChI is InChI=1S/C16H29NO3Si/c1-4-18-21(19-5-2,20-6-3)14-17-13-9-11-15-10-7-8-12-16(15)17/h7-8,12,15H,4-6,9-11,13-14H2,1-3H3. The fourth-order valence-corrected chi connectivity index (χ4v) is 5.93. The Kier molecular flexibility index (Phi) is 6.48. The Morgan fingerprint density at radius 3 is 2.43 bits per heavy atom. The summed E-state index contributed by atoms with van der Waals surface area (Å²) in [5, 5.41) is 0. The first-order valence-electron chi connectivity index (χ1n) is 8.28. The summed E-state index contributed by atoms with van der Waals surface area (Å²) in [7, 11) is -2.60. The van der Waals surface area contributed by atoms with E-state index < -0.39 is 8.80 Å². The Hall–Kier alpha value is -0.623. The molecule has 0 aromatic heterocycles. The van der Waals surface area contributed by atoms with Crippen LogP contribution in [-0.4, -0.2) is 46.2 Å². The van der Waals surface area contributed by atoms with Crippen LogP contribution in [0.15, 0.2) is 23.9 Å². The second-order valence-corrected chi connectivity index (χ2v) is 8.05. The Balaban J connectivity index is 2.13. The van der Waals surface area contributed by atoms with Crippen molar-refractivity contribution in [1.29, 1.82) is 0 Å². The predicted octanol–water partition coefficient (Wildman–Crippen LogP) is 3.13. The average molecular weight is 311 g/mol. The molecule has 0 aromatic carbocycles. The summed E-state index contributed by atoms with van der Waals surface area (Å²) in [5.41, 5.74) is 1.44. The van der Waals surface area contributed by atoms with Crippen LogP contribution in [0.4, 0.5) is 0 Å². The summed E-state index contributed by atoms with van der Waals surface area (Å²) in [6, 6.07) is 0. The van der Waals surface area contributed by atoms with Crippen LogP contribution in [0.3, 0.4) is 0 Å². The highest BCUT2D eigenvalue weighted by molar-refractivity contribution is 6.61. The van der Waals surface area contributed by atoms with E-state index in [0.717, 1.165) is 19.1 Å². The van der Waals surface area contributed by atoms with Crippen molar-refractivity contribution in [3.05, 3.63) is 23.9 Å². The van der Waals surface area contributed by atoms with E-state index in [1.165, 1.54) is 18.5 Å². The molecule has 0 aromatic rings. The van der Waals surface area contributed by atoms with Crippen molar-refractivity contribution >= 4 is 8.80 Å². The molecule has 1 saturated heterocycles. The van der Waals surface area contributed by atoms with Crippen molar-refractivity contribution < 1.29 is 13.3 Å². The van der Waals surface area contributed by atoms with E-state index in [4.69, 9.17) is 13.3 Å². The molecular formula is C16H29NO3Si. The highest BCUT2D eigenvalue weighted by Gasteiger charge is 2.44. The number of fused-ring (bicyclic) bond motifs is 1. The molecule has 0 spiro atoms. The van der Waals surface area contributed by atoms with Crippen LogP contribution >= 0.6 is 0 Å². The van der Waals surface area contributed by atoms with Crippen LogP contribution in [0, 0.1) is 5.92 Å². The molecular weight excluding hydrogens is 282 g/mol. The van der Waals surface area contributed by atoms with Gasteiger partial charge in [-0.1, -0.05) is 12.2 Å². The minimum absolute atomic E-state index is 0.641. The van der Waals surface area contributed by atoms with Crippen LogP contribution in [0.2, 0.25) is 0 Å². The average Bonchev–Trinajstić information content (AvgIpc) is 2.48. The number of hydrogen-bond acceptors (Lipinski definition) is 4. The largest absolute Gasteiger partial charge is 0.521 e. The van der Waals surface area contributed by atoms with Gasteiger partial charge >= 0.3 is 8.80 Å². The quantitative estimate of drug-likeness (QED) is 0.644. The van der Waals surface area contributed by atoms with E-state index in [-0.39, 0.29) is 0 Å². The molecule has 0 bridgehead atoms. The fourth-order valence-electron chi connectivity index (χ4n) is 3.28. The van der Waals surface area contributed by atoms with E-state index in [0.29, 0.717) is 25.7 Å². The molecule has 21 heavy (non-hydrogen) atoms. The summed E-state index contributed by atoms with van der Waals surface area (Å²) in [5.74, 6) is 0.667. The number of allylic oxidation sites excluding steroid dienone is 4. The van der Waals surface area contributed by atoms with E-state index in [1.807, 2.05) is 20.8 Å². The molecule has 4 nitrogen and oxygen atoms in total. The Labute approximate surface area is 130 Å². The Bertz CT molecular complexity index is 367. The van der Waals surface area contributed by atoms with Crippen LogP contribution in [-0.2, 0) is 13.3 Å². The molecule has 0 saturated carbocycles. The van der Waals surface area contributed by atoms with Crippen LogP contribution in [0.25, 0.3) is 0 Å². The molecule has 2 rings (SSSR count). The van der Waals surface area contributed by atoms with Gasteiger partial charge in [0.2, 0.25) is 0 Å². The second-order valence-electron chi connectivity index (χ2n) is 5.50. The van der Waals surface area contributed by atoms with E-state index in [9.17, 15) is 0 Å². The first kappa shape index (κ1) is 16.7. The Morgan fingerprint density at radius 2 is 1.81 bits per heavy atom. The fraction of sp³-hybridized carbons (Fsp3) is 0.750. The topological polar surface area (TPSA) is 30.9 Å². The van der Waals surface area contributed by atoms with Gasteiger partial charge in [-0.3, -0.25) is 0 Å². The van der Waals surface area contributed by atoms with Crippen LogP contribution in [0.1, 0.15) is 40.0 Å². The smallest absolute Gasteiger partial charge is 0.373 e. The maximum atomic E-state index is 6.00. The summed E-state index contributed by atoms with van der Waals surface area (Å²) < 4.78 is 18.0. The van der Waals surface area contributed by atoms with Crippen molar-refractivity contribution in [2.45, 2.75) is 40.0 Å². The highest BCUT2D eigenvalue weighted by Crippen LogP contribution is 2.33. The monoisotopic (exact) mass is 311 g/mol. The SMILES string of the molecule is CCO[Si](CN1CCCC2CC=CC=C21)(OCC)OCC. The van der Waals surface area contributed by atoms with Gasteiger partial charge in [0.25, 0.3) is 0 Å². The van der Waals surface area contributed by atoms with Gasteiger partial charge in [-0.05, 0) is 46.1 Å². The minimum Gasteiger partial charge on any atom is -0.373 e. The molecule has 1 unspecified atom stereocenters. The molecule has 0 N–H and O–H groups in total. The first-order chi connectivity index (χ1) is 10.2. The maximum absolute atomic E-state index is 6.00. The van der Waals surface area contributed by atoms with Gasteiger partial charge in [0, 0.05) is 38.0 Å². The molecule has 1 atom stereocenters. The lowest BCUT2D eigenvalue weighted by Gasteiger charge is -2.41. The van der Waals surface area contributed by atoms with Crippen molar-refractivity contribution in [2.24, 2.45) is 5.92 Å². The van der Waals surface area contributed by atoms with Gasteiger partial charge in [0.1, 0.15) is 0 Å². The van der Waals surface area contributed by atoms with Crippen LogP contribution < -0.4 is 0 Å². The predicted molar refractivity (Wildman–Crippen MR) is 86.8 cm³/mol. The molecule has 1 aliphatic heterocycles. The molecule has 1 aliphatic carbocycles. The summed E-state index contributed by atoms with van der Waals surface area (Å²) in [6.45, 7) is 9.05. The van der Waals surface area contributed by atoms with E-state index in [2.05, 4.69) is 23.1 Å². The zero-order valence-electron chi connectivity index (χ0n) is 13.6. The summed E-state index contributed by atoms with van der Waals surface area (Å²) in [6.07, 6.45) is 11.2. The van der Waals surface area contributed by atoms with Gasteiger partial charge in [-0.25, -0.2) is 0 Å². The minimum atomic E-state index is -2.60. The molecule has 0 radical (unpaired) electrons. The van der Waals surface area contributed by atoms with Gasteiger partial charge in [-0.2, -0.15) is 0 Å². The number of likely N-dealkylation sites (tertiary alicyclic amines) is 1. The van der Waals surface area contributed by atoms with Crippen molar-refractivity contribution in [2.75, 3.05) is 32.5 Å². The third-order valence-corrected chi connectivity index (χ3v) is 7.02. The number of piperidine rings is 1. The van der Waals surface area contributed by atoms with Crippen molar-refractivity contribution in [1.82, 2.24) is 4.90 Å². The Morgan fingerprint density at radius 1 is 1.14 bits per heavy atom. The zero-order chi connectivity index (χ0) is 15.1. The summed E-state index contributed by atoms with van der Waals surface area (Å²) >= 11 is 0. The molecule has 1 heterocycles. The van der Waals surface area contributed by atoms with Gasteiger partial charge < -0.3 is 18.2 Å². The summed E-state index contributed by atoms with van der Waals surface area (Å²) in [4.78, 5) is 2.45. The molecule has 120 valence electrons. The molecule has 2 aliphatic rings. The first-order valence-corrected chi connectivity index (χ1v) is 10.2. The lowest BCUT2D eigenvalue weighted by atomic mass is 9.88. The van der Waals surface area contributed by atoms with Crippen molar-refractivity contribution in [3.8, 4) is 0 Å². The van der Waals surface area contributed by atoms with Gasteiger partial charge in [-0.15, -0.1) is 0 Å². The lowest BCUT2D eigenvalue weighted by molar-refractivity contribution is 0.0568. The zero-order valence-corrected chi connectivity index (χ0v) is 14.6. The normalized spacial score (nSPS) is 22.1. The van der Waals surface area contributed by atoms with E-state index in [1.54, 1.807) is 0 Å². The second kappa shape index (κ2) is 8.13. The lowest BCUT2D eigenvalue weighted by Crippen LogP contribution is -2.56. The van der Waals surface area contributed by atoms with E-state index >= 15 is 0 Å². The molecule has 1 fully saturated rings. The maximum Gasteiger partial charge on any atom is 0.521 e. The van der Waals surface area contributed by atoms with Crippen LogP contribution in [0.5, 0.6) is 0 Å². The highest BCUT2D eigenvalue weighted by atomic mass is 28.4. The number of rotatable bonds is 8.